The zero-order chi connectivity index (χ0) is 21.8. The highest BCUT2D eigenvalue weighted by Crippen LogP contribution is 2.24. The molecule has 31 heavy (non-hydrogen) atoms. The van der Waals surface area contributed by atoms with Crippen LogP contribution in [0.4, 0.5) is 11.4 Å². The topological polar surface area (TPSA) is 110 Å². The molecule has 2 N–H and O–H groups in total. The van der Waals surface area contributed by atoms with E-state index in [1.165, 1.54) is 6.20 Å². The van der Waals surface area contributed by atoms with Crippen molar-refractivity contribution in [3.63, 3.8) is 0 Å². The Balaban J connectivity index is 1.37. The number of anilines is 2. The number of benzene rings is 1. The van der Waals surface area contributed by atoms with Crippen molar-refractivity contribution in [2.45, 2.75) is 19.8 Å². The molecule has 0 unspecified atom stereocenters. The number of pyridine rings is 1. The van der Waals surface area contributed by atoms with Crippen LogP contribution in [0.3, 0.4) is 0 Å². The number of ether oxygens (including phenoxy) is 1. The molecule has 0 bridgehead atoms. The van der Waals surface area contributed by atoms with Crippen LogP contribution < -0.4 is 10.6 Å². The van der Waals surface area contributed by atoms with Crippen LogP contribution in [0.1, 0.15) is 35.8 Å². The number of carbonyl (C=O) groups excluding carboxylic acids is 2. The van der Waals surface area contributed by atoms with Gasteiger partial charge in [0.05, 0.1) is 36.4 Å². The quantitative estimate of drug-likeness (QED) is 0.627. The van der Waals surface area contributed by atoms with Gasteiger partial charge >= 0.3 is 0 Å². The van der Waals surface area contributed by atoms with Crippen molar-refractivity contribution >= 4 is 34.3 Å². The molecule has 1 fully saturated rings. The van der Waals surface area contributed by atoms with Gasteiger partial charge in [-0.2, -0.15) is 0 Å². The molecule has 4 rings (SSSR count). The summed E-state index contributed by atoms with van der Waals surface area (Å²) in [5.74, 6) is -0.200. The number of aromatic nitrogens is 2. The summed E-state index contributed by atoms with van der Waals surface area (Å²) in [6, 6.07) is 8.74. The molecule has 9 nitrogen and oxygen atoms in total. The molecule has 3 aromatic rings. The summed E-state index contributed by atoms with van der Waals surface area (Å²) < 4.78 is 10.5. The van der Waals surface area contributed by atoms with E-state index in [2.05, 4.69) is 25.7 Å². The van der Waals surface area contributed by atoms with Gasteiger partial charge in [-0.05, 0) is 36.2 Å². The minimum Gasteiger partial charge on any atom is -0.379 e. The SMILES string of the molecule is CC(C)c1noc2ncc(C(=O)Nc3ccc(NC(=O)CN4CCOCC4)cc3)cc12. The lowest BCUT2D eigenvalue weighted by Crippen LogP contribution is -2.41. The van der Waals surface area contributed by atoms with Crippen molar-refractivity contribution < 1.29 is 18.8 Å². The molecule has 1 aromatic carbocycles. The molecule has 0 aliphatic carbocycles. The molecular formula is C22H25N5O4. The Labute approximate surface area is 179 Å². The number of morpholine rings is 1. The number of nitrogens with one attached hydrogen (secondary N) is 2. The van der Waals surface area contributed by atoms with Crippen LogP contribution in [0.5, 0.6) is 0 Å². The molecule has 0 atom stereocenters. The van der Waals surface area contributed by atoms with E-state index in [1.807, 2.05) is 13.8 Å². The summed E-state index contributed by atoms with van der Waals surface area (Å²) in [5.41, 5.74) is 2.89. The van der Waals surface area contributed by atoms with Gasteiger partial charge in [-0.25, -0.2) is 4.98 Å². The van der Waals surface area contributed by atoms with E-state index in [-0.39, 0.29) is 17.7 Å². The van der Waals surface area contributed by atoms with E-state index < -0.39 is 0 Å². The summed E-state index contributed by atoms with van der Waals surface area (Å²) >= 11 is 0. The molecule has 162 valence electrons. The smallest absolute Gasteiger partial charge is 0.257 e. The van der Waals surface area contributed by atoms with E-state index in [0.717, 1.165) is 24.2 Å². The first kappa shape index (κ1) is 21.0. The van der Waals surface area contributed by atoms with Crippen LogP contribution in [0.2, 0.25) is 0 Å². The van der Waals surface area contributed by atoms with Gasteiger partial charge < -0.3 is 19.9 Å². The first-order valence-corrected chi connectivity index (χ1v) is 10.3. The number of rotatable bonds is 6. The van der Waals surface area contributed by atoms with Gasteiger partial charge in [0.2, 0.25) is 5.91 Å². The third kappa shape index (κ3) is 5.07. The molecular weight excluding hydrogens is 398 g/mol. The molecule has 0 spiro atoms. The number of amides is 2. The fraction of sp³-hybridized carbons (Fsp3) is 0.364. The first-order chi connectivity index (χ1) is 15.0. The van der Waals surface area contributed by atoms with Gasteiger partial charge in [0.1, 0.15) is 0 Å². The minimum atomic E-state index is -0.283. The van der Waals surface area contributed by atoms with Gasteiger partial charge in [-0.1, -0.05) is 19.0 Å². The van der Waals surface area contributed by atoms with Gasteiger partial charge in [-0.15, -0.1) is 0 Å². The Morgan fingerprint density at radius 1 is 1.10 bits per heavy atom. The number of hydrogen-bond acceptors (Lipinski definition) is 7. The Hall–Kier alpha value is -3.30. The molecule has 1 saturated heterocycles. The van der Waals surface area contributed by atoms with Crippen LogP contribution in [0.25, 0.3) is 11.1 Å². The van der Waals surface area contributed by atoms with E-state index in [1.54, 1.807) is 30.3 Å². The fourth-order valence-corrected chi connectivity index (χ4v) is 3.39. The maximum absolute atomic E-state index is 12.7. The highest BCUT2D eigenvalue weighted by atomic mass is 16.5. The zero-order valence-corrected chi connectivity index (χ0v) is 17.6. The van der Waals surface area contributed by atoms with Crippen LogP contribution in [0, 0.1) is 0 Å². The second kappa shape index (κ2) is 9.23. The van der Waals surface area contributed by atoms with Crippen molar-refractivity contribution in [2.24, 2.45) is 0 Å². The zero-order valence-electron chi connectivity index (χ0n) is 17.6. The van der Waals surface area contributed by atoms with Crippen molar-refractivity contribution in [1.29, 1.82) is 0 Å². The third-order valence-corrected chi connectivity index (χ3v) is 5.06. The second-order valence-corrected chi connectivity index (χ2v) is 7.77. The summed E-state index contributed by atoms with van der Waals surface area (Å²) in [7, 11) is 0. The summed E-state index contributed by atoms with van der Waals surface area (Å²) in [6.07, 6.45) is 1.47. The monoisotopic (exact) mass is 423 g/mol. The van der Waals surface area contributed by atoms with E-state index in [4.69, 9.17) is 9.26 Å². The average molecular weight is 423 g/mol. The lowest BCUT2D eigenvalue weighted by atomic mass is 10.1. The van der Waals surface area contributed by atoms with Gasteiger partial charge in [0.15, 0.2) is 0 Å². The summed E-state index contributed by atoms with van der Waals surface area (Å²) in [4.78, 5) is 31.1. The van der Waals surface area contributed by atoms with Crippen LogP contribution in [-0.4, -0.2) is 59.7 Å². The second-order valence-electron chi connectivity index (χ2n) is 7.77. The van der Waals surface area contributed by atoms with Gasteiger partial charge in [0, 0.05) is 30.7 Å². The Bertz CT molecular complexity index is 1070. The van der Waals surface area contributed by atoms with E-state index in [0.29, 0.717) is 42.4 Å². The molecule has 1 aliphatic heterocycles. The predicted molar refractivity (Wildman–Crippen MR) is 116 cm³/mol. The average Bonchev–Trinajstić information content (AvgIpc) is 3.19. The van der Waals surface area contributed by atoms with E-state index >= 15 is 0 Å². The van der Waals surface area contributed by atoms with Crippen molar-refractivity contribution in [3.8, 4) is 0 Å². The van der Waals surface area contributed by atoms with Crippen molar-refractivity contribution in [1.82, 2.24) is 15.0 Å². The number of fused-ring (bicyclic) bond motifs is 1. The maximum Gasteiger partial charge on any atom is 0.257 e. The largest absolute Gasteiger partial charge is 0.379 e. The number of carbonyl (C=O) groups is 2. The van der Waals surface area contributed by atoms with Crippen LogP contribution in [-0.2, 0) is 9.53 Å². The predicted octanol–water partition coefficient (Wildman–Crippen LogP) is 2.87. The Morgan fingerprint density at radius 3 is 2.45 bits per heavy atom. The molecule has 9 heteroatoms. The summed E-state index contributed by atoms with van der Waals surface area (Å²) in [5, 5.41) is 10.5. The first-order valence-electron chi connectivity index (χ1n) is 10.3. The number of hydrogen-bond donors (Lipinski definition) is 2. The van der Waals surface area contributed by atoms with Gasteiger partial charge in [0.25, 0.3) is 11.6 Å². The molecule has 1 aliphatic rings. The molecule has 2 aromatic heterocycles. The van der Waals surface area contributed by atoms with Crippen molar-refractivity contribution in [2.75, 3.05) is 43.5 Å². The third-order valence-electron chi connectivity index (χ3n) is 5.06. The fourth-order valence-electron chi connectivity index (χ4n) is 3.39. The highest BCUT2D eigenvalue weighted by molar-refractivity contribution is 6.05. The Morgan fingerprint density at radius 2 is 1.77 bits per heavy atom. The molecule has 3 heterocycles. The minimum absolute atomic E-state index is 0.0762. The van der Waals surface area contributed by atoms with Crippen LogP contribution >= 0.6 is 0 Å². The van der Waals surface area contributed by atoms with Crippen molar-refractivity contribution in [3.05, 3.63) is 47.8 Å². The lowest BCUT2D eigenvalue weighted by molar-refractivity contribution is -0.118. The molecule has 0 radical (unpaired) electrons. The Kier molecular flexibility index (Phi) is 6.24. The number of nitrogens with zero attached hydrogens (tertiary/aromatic N) is 3. The van der Waals surface area contributed by atoms with Gasteiger partial charge in [-0.3, -0.25) is 14.5 Å². The highest BCUT2D eigenvalue weighted by Gasteiger charge is 2.16. The molecule has 0 saturated carbocycles. The maximum atomic E-state index is 12.7. The normalized spacial score (nSPS) is 14.7. The molecule has 2 amide bonds. The standard InChI is InChI=1S/C22H25N5O4/c1-14(2)20-18-11-15(12-23-22(18)31-26-20)21(29)25-17-5-3-16(4-6-17)24-19(28)13-27-7-9-30-10-8-27/h3-6,11-12,14H,7-10,13H2,1-2H3,(H,24,28)(H,25,29). The van der Waals surface area contributed by atoms with E-state index in [9.17, 15) is 9.59 Å². The lowest BCUT2D eigenvalue weighted by Gasteiger charge is -2.25. The summed E-state index contributed by atoms with van der Waals surface area (Å²) in [6.45, 7) is 7.16. The van der Waals surface area contributed by atoms with Crippen LogP contribution in [0.15, 0.2) is 41.1 Å².